The fraction of sp³-hybridized carbons (Fsp3) is 0.714. The van der Waals surface area contributed by atoms with E-state index in [4.69, 9.17) is 4.42 Å². The molecule has 3 nitrogen and oxygen atoms in total. The van der Waals surface area contributed by atoms with Gasteiger partial charge >= 0.3 is 0 Å². The molecule has 0 aromatic carbocycles. The molecule has 3 fully saturated rings. The van der Waals surface area contributed by atoms with Gasteiger partial charge in [0.2, 0.25) is 0 Å². The summed E-state index contributed by atoms with van der Waals surface area (Å²) in [7, 11) is 0. The zero-order valence-corrected chi connectivity index (χ0v) is 10.6. The predicted molar refractivity (Wildman–Crippen MR) is 67.8 cm³/mol. The molecule has 17 heavy (non-hydrogen) atoms. The third kappa shape index (κ3) is 2.26. The van der Waals surface area contributed by atoms with Gasteiger partial charge in [0.25, 0.3) is 0 Å². The van der Waals surface area contributed by atoms with Crippen molar-refractivity contribution in [2.75, 3.05) is 19.6 Å². The van der Waals surface area contributed by atoms with Crippen LogP contribution in [-0.4, -0.2) is 30.6 Å². The van der Waals surface area contributed by atoms with E-state index in [9.17, 15) is 0 Å². The molecule has 4 rings (SSSR count). The van der Waals surface area contributed by atoms with Gasteiger partial charge in [-0.15, -0.1) is 0 Å². The Hall–Kier alpha value is -0.800. The lowest BCUT2D eigenvalue weighted by molar-refractivity contribution is 0.0651. The molecule has 0 aliphatic carbocycles. The molecule has 94 valence electrons. The Morgan fingerprint density at radius 3 is 2.82 bits per heavy atom. The lowest BCUT2D eigenvalue weighted by Crippen LogP contribution is -2.56. The molecule has 0 radical (unpaired) electrons. The van der Waals surface area contributed by atoms with Crippen LogP contribution in [-0.2, 0) is 0 Å². The van der Waals surface area contributed by atoms with E-state index < -0.39 is 0 Å². The van der Waals surface area contributed by atoms with Crippen molar-refractivity contribution in [2.24, 2.45) is 5.92 Å². The van der Waals surface area contributed by atoms with Crippen LogP contribution in [0.5, 0.6) is 0 Å². The van der Waals surface area contributed by atoms with Gasteiger partial charge in [-0.2, -0.15) is 0 Å². The van der Waals surface area contributed by atoms with Crippen molar-refractivity contribution in [3.63, 3.8) is 0 Å². The molecule has 0 spiro atoms. The Balaban J connectivity index is 1.65. The fourth-order valence-corrected chi connectivity index (χ4v) is 3.30. The lowest BCUT2D eigenvalue weighted by atomic mass is 9.83. The minimum absolute atomic E-state index is 0.385. The topological polar surface area (TPSA) is 28.4 Å². The molecule has 3 aliphatic heterocycles. The van der Waals surface area contributed by atoms with Crippen molar-refractivity contribution in [1.29, 1.82) is 0 Å². The first-order valence-corrected chi connectivity index (χ1v) is 6.88. The van der Waals surface area contributed by atoms with Crippen molar-refractivity contribution in [3.8, 4) is 0 Å². The third-order valence-corrected chi connectivity index (χ3v) is 4.37. The lowest BCUT2D eigenvalue weighted by Gasteiger charge is -2.46. The largest absolute Gasteiger partial charge is 0.468 e. The normalized spacial score (nSPS) is 33.8. The highest BCUT2D eigenvalue weighted by molar-refractivity contribution is 5.05. The maximum absolute atomic E-state index is 5.53. The Bertz CT molecular complexity index is 341. The second-order valence-corrected chi connectivity index (χ2v) is 5.39. The molecular formula is C14H22N2O. The molecular weight excluding hydrogens is 212 g/mol. The van der Waals surface area contributed by atoms with Crippen LogP contribution in [0.25, 0.3) is 0 Å². The number of fused-ring (bicyclic) bond motifs is 3. The zero-order valence-electron chi connectivity index (χ0n) is 10.6. The second-order valence-electron chi connectivity index (χ2n) is 5.39. The molecule has 1 aromatic heterocycles. The van der Waals surface area contributed by atoms with Gasteiger partial charge in [0.05, 0.1) is 12.3 Å². The molecule has 2 atom stereocenters. The maximum Gasteiger partial charge on any atom is 0.120 e. The summed E-state index contributed by atoms with van der Waals surface area (Å²) in [5.74, 6) is 1.97. The van der Waals surface area contributed by atoms with Crippen LogP contribution in [0.1, 0.15) is 38.0 Å². The molecule has 4 heterocycles. The highest BCUT2D eigenvalue weighted by atomic mass is 16.3. The number of rotatable bonds is 4. The summed E-state index contributed by atoms with van der Waals surface area (Å²) in [4.78, 5) is 2.59. The van der Waals surface area contributed by atoms with Gasteiger partial charge in [-0.1, -0.05) is 6.92 Å². The number of nitrogens with one attached hydrogen (secondary N) is 1. The van der Waals surface area contributed by atoms with Crippen molar-refractivity contribution in [1.82, 2.24) is 10.2 Å². The first kappa shape index (κ1) is 11.3. The Kier molecular flexibility index (Phi) is 3.21. The summed E-state index contributed by atoms with van der Waals surface area (Å²) in [5, 5.41) is 3.80. The average Bonchev–Trinajstić information content (AvgIpc) is 2.91. The molecule has 0 saturated carbocycles. The van der Waals surface area contributed by atoms with E-state index in [-0.39, 0.29) is 0 Å². The molecule has 2 bridgehead atoms. The van der Waals surface area contributed by atoms with Crippen LogP contribution in [0.2, 0.25) is 0 Å². The minimum Gasteiger partial charge on any atom is -0.468 e. The summed E-state index contributed by atoms with van der Waals surface area (Å²) < 4.78 is 5.53. The summed E-state index contributed by atoms with van der Waals surface area (Å²) in [5.41, 5.74) is 0. The monoisotopic (exact) mass is 234 g/mol. The van der Waals surface area contributed by atoms with E-state index in [2.05, 4.69) is 23.2 Å². The average molecular weight is 234 g/mol. The minimum atomic E-state index is 0.385. The van der Waals surface area contributed by atoms with Crippen LogP contribution in [0.3, 0.4) is 0 Å². The molecule has 1 N–H and O–H groups in total. The summed E-state index contributed by atoms with van der Waals surface area (Å²) in [6.07, 6.45) is 5.60. The van der Waals surface area contributed by atoms with E-state index in [1.54, 1.807) is 6.26 Å². The Morgan fingerprint density at radius 1 is 1.47 bits per heavy atom. The molecule has 0 amide bonds. The quantitative estimate of drug-likeness (QED) is 0.867. The predicted octanol–water partition coefficient (Wildman–Crippen LogP) is 2.41. The van der Waals surface area contributed by atoms with Gasteiger partial charge in [-0.3, -0.25) is 0 Å². The summed E-state index contributed by atoms with van der Waals surface area (Å²) in [6.45, 7) is 6.06. The van der Waals surface area contributed by atoms with Gasteiger partial charge in [-0.25, -0.2) is 0 Å². The molecule has 3 aliphatic rings. The number of nitrogens with zero attached hydrogens (tertiary/aromatic N) is 1. The Labute approximate surface area is 103 Å². The third-order valence-electron chi connectivity index (χ3n) is 4.37. The van der Waals surface area contributed by atoms with E-state index in [1.165, 1.54) is 32.5 Å². The number of piperidine rings is 3. The van der Waals surface area contributed by atoms with E-state index >= 15 is 0 Å². The van der Waals surface area contributed by atoms with Crippen LogP contribution in [0, 0.1) is 5.92 Å². The van der Waals surface area contributed by atoms with Crippen LogP contribution < -0.4 is 5.32 Å². The molecule has 3 saturated heterocycles. The van der Waals surface area contributed by atoms with Crippen LogP contribution in [0.15, 0.2) is 22.8 Å². The Morgan fingerprint density at radius 2 is 2.29 bits per heavy atom. The molecule has 3 heteroatoms. The van der Waals surface area contributed by atoms with Crippen LogP contribution in [0.4, 0.5) is 0 Å². The van der Waals surface area contributed by atoms with Gasteiger partial charge in [0.15, 0.2) is 0 Å². The highest BCUT2D eigenvalue weighted by Crippen LogP contribution is 2.30. The van der Waals surface area contributed by atoms with Gasteiger partial charge in [-0.05, 0) is 50.4 Å². The first-order chi connectivity index (χ1) is 8.36. The first-order valence-electron chi connectivity index (χ1n) is 6.88. The van der Waals surface area contributed by atoms with Crippen LogP contribution >= 0.6 is 0 Å². The molecule has 1 aromatic rings. The number of furan rings is 1. The standard InChI is InChI=1S/C14H22N2O/c1-2-12(14-4-3-9-17-14)15-13-10-16-7-5-11(13)6-8-16/h3-4,9,11-13,15H,2,5-8,10H2,1H3. The zero-order chi connectivity index (χ0) is 11.7. The molecule has 2 unspecified atom stereocenters. The van der Waals surface area contributed by atoms with Crippen molar-refractivity contribution < 1.29 is 4.42 Å². The highest BCUT2D eigenvalue weighted by Gasteiger charge is 2.35. The maximum atomic E-state index is 5.53. The second kappa shape index (κ2) is 4.83. The summed E-state index contributed by atoms with van der Waals surface area (Å²) >= 11 is 0. The van der Waals surface area contributed by atoms with Gasteiger partial charge in [0.1, 0.15) is 5.76 Å². The number of hydrogen-bond acceptors (Lipinski definition) is 3. The van der Waals surface area contributed by atoms with Crippen molar-refractivity contribution in [2.45, 2.75) is 38.3 Å². The SMILES string of the molecule is CCC(NC1CN2CCC1CC2)c1ccco1. The number of hydrogen-bond donors (Lipinski definition) is 1. The van der Waals surface area contributed by atoms with Gasteiger partial charge in [0, 0.05) is 12.6 Å². The fourth-order valence-electron chi connectivity index (χ4n) is 3.30. The summed E-state index contributed by atoms with van der Waals surface area (Å²) in [6, 6.07) is 5.11. The van der Waals surface area contributed by atoms with Gasteiger partial charge < -0.3 is 14.6 Å². The smallest absolute Gasteiger partial charge is 0.120 e. The van der Waals surface area contributed by atoms with E-state index in [0.29, 0.717) is 12.1 Å². The van der Waals surface area contributed by atoms with E-state index in [1.807, 2.05) is 6.07 Å². The van der Waals surface area contributed by atoms with Crippen molar-refractivity contribution in [3.05, 3.63) is 24.2 Å². The van der Waals surface area contributed by atoms with E-state index in [0.717, 1.165) is 18.1 Å². The van der Waals surface area contributed by atoms with Crippen molar-refractivity contribution >= 4 is 0 Å².